The SMILES string of the molecule is O=C(O)CC1CCN(CCc2ccc3c(c2)CCO3)CCC1(F)F. The number of carboxylic acids is 1. The summed E-state index contributed by atoms with van der Waals surface area (Å²) in [4.78, 5) is 12.8. The summed E-state index contributed by atoms with van der Waals surface area (Å²) in [5.41, 5.74) is 2.41. The molecule has 3 rings (SSSR count). The molecule has 1 unspecified atom stereocenters. The maximum absolute atomic E-state index is 14.1. The van der Waals surface area contributed by atoms with Crippen molar-refractivity contribution in [2.45, 2.75) is 38.0 Å². The van der Waals surface area contributed by atoms with Gasteiger partial charge >= 0.3 is 5.97 Å². The van der Waals surface area contributed by atoms with Crippen LogP contribution in [0.2, 0.25) is 0 Å². The van der Waals surface area contributed by atoms with E-state index in [4.69, 9.17) is 9.84 Å². The molecule has 1 fully saturated rings. The number of alkyl halides is 2. The zero-order valence-electron chi connectivity index (χ0n) is 13.6. The molecule has 0 amide bonds. The minimum absolute atomic E-state index is 0.233. The second-order valence-corrected chi connectivity index (χ2v) is 6.73. The van der Waals surface area contributed by atoms with E-state index in [1.807, 2.05) is 17.0 Å². The van der Waals surface area contributed by atoms with Gasteiger partial charge in [0.05, 0.1) is 13.0 Å². The third kappa shape index (κ3) is 4.04. The summed E-state index contributed by atoms with van der Waals surface area (Å²) in [5, 5.41) is 8.83. The second-order valence-electron chi connectivity index (χ2n) is 6.73. The van der Waals surface area contributed by atoms with Crippen molar-refractivity contribution in [1.82, 2.24) is 4.90 Å². The van der Waals surface area contributed by atoms with E-state index < -0.39 is 24.2 Å². The summed E-state index contributed by atoms with van der Waals surface area (Å²) < 4.78 is 33.6. The number of hydrogen-bond donors (Lipinski definition) is 1. The zero-order chi connectivity index (χ0) is 17.2. The van der Waals surface area contributed by atoms with Gasteiger partial charge in [-0.3, -0.25) is 4.79 Å². The highest BCUT2D eigenvalue weighted by Crippen LogP contribution is 2.36. The Kier molecular flexibility index (Phi) is 5.04. The van der Waals surface area contributed by atoms with Crippen LogP contribution in [0.25, 0.3) is 0 Å². The third-order valence-corrected chi connectivity index (χ3v) is 5.04. The predicted molar refractivity (Wildman–Crippen MR) is 85.7 cm³/mol. The van der Waals surface area contributed by atoms with Crippen molar-refractivity contribution in [3.63, 3.8) is 0 Å². The second kappa shape index (κ2) is 7.05. The van der Waals surface area contributed by atoms with Crippen LogP contribution in [-0.2, 0) is 17.6 Å². The van der Waals surface area contributed by atoms with Gasteiger partial charge in [0.15, 0.2) is 0 Å². The van der Waals surface area contributed by atoms with Gasteiger partial charge in [0.25, 0.3) is 5.92 Å². The Balaban J connectivity index is 1.55. The molecular weight excluding hydrogens is 316 g/mol. The molecule has 132 valence electrons. The van der Waals surface area contributed by atoms with Crippen LogP contribution >= 0.6 is 0 Å². The van der Waals surface area contributed by atoms with E-state index in [0.29, 0.717) is 13.1 Å². The molecule has 2 heterocycles. The highest BCUT2D eigenvalue weighted by atomic mass is 19.3. The normalized spacial score (nSPS) is 23.3. The molecule has 0 spiro atoms. The van der Waals surface area contributed by atoms with E-state index in [0.717, 1.165) is 31.7 Å². The number of fused-ring (bicyclic) bond motifs is 1. The fourth-order valence-corrected chi connectivity index (χ4v) is 3.54. The van der Waals surface area contributed by atoms with Crippen LogP contribution in [0.5, 0.6) is 5.75 Å². The first-order chi connectivity index (χ1) is 11.4. The lowest BCUT2D eigenvalue weighted by Crippen LogP contribution is -2.30. The average Bonchev–Trinajstić information content (AvgIpc) is 2.94. The number of aliphatic carboxylic acids is 1. The molecule has 1 aromatic carbocycles. The van der Waals surface area contributed by atoms with Gasteiger partial charge in [0.1, 0.15) is 5.75 Å². The predicted octanol–water partition coefficient (Wildman–Crippen LogP) is 2.99. The van der Waals surface area contributed by atoms with Gasteiger partial charge in [-0.2, -0.15) is 0 Å². The molecule has 1 N–H and O–H groups in total. The lowest BCUT2D eigenvalue weighted by atomic mass is 9.93. The Morgan fingerprint density at radius 1 is 1.38 bits per heavy atom. The Labute approximate surface area is 140 Å². The number of ether oxygens (including phenoxy) is 1. The van der Waals surface area contributed by atoms with Gasteiger partial charge in [-0.1, -0.05) is 12.1 Å². The first kappa shape index (κ1) is 17.1. The van der Waals surface area contributed by atoms with Gasteiger partial charge in [0.2, 0.25) is 0 Å². The van der Waals surface area contributed by atoms with Crippen molar-refractivity contribution in [2.75, 3.05) is 26.2 Å². The van der Waals surface area contributed by atoms with Crippen LogP contribution in [-0.4, -0.2) is 48.1 Å². The quantitative estimate of drug-likeness (QED) is 0.896. The molecule has 0 radical (unpaired) electrons. The monoisotopic (exact) mass is 339 g/mol. The molecule has 1 saturated heterocycles. The van der Waals surface area contributed by atoms with Crippen molar-refractivity contribution >= 4 is 5.97 Å². The summed E-state index contributed by atoms with van der Waals surface area (Å²) in [7, 11) is 0. The van der Waals surface area contributed by atoms with E-state index in [-0.39, 0.29) is 12.8 Å². The minimum atomic E-state index is -2.89. The van der Waals surface area contributed by atoms with E-state index in [2.05, 4.69) is 6.07 Å². The third-order valence-electron chi connectivity index (χ3n) is 5.04. The van der Waals surface area contributed by atoms with E-state index in [1.54, 1.807) is 0 Å². The Bertz CT molecular complexity index is 606. The van der Waals surface area contributed by atoms with Gasteiger partial charge in [0, 0.05) is 31.8 Å². The Morgan fingerprint density at radius 2 is 2.21 bits per heavy atom. The first-order valence-corrected chi connectivity index (χ1v) is 8.50. The molecule has 24 heavy (non-hydrogen) atoms. The maximum Gasteiger partial charge on any atom is 0.303 e. The smallest absolute Gasteiger partial charge is 0.303 e. The molecule has 1 atom stereocenters. The highest BCUT2D eigenvalue weighted by molar-refractivity contribution is 5.67. The van der Waals surface area contributed by atoms with Crippen molar-refractivity contribution in [3.8, 4) is 5.75 Å². The van der Waals surface area contributed by atoms with Crippen molar-refractivity contribution < 1.29 is 23.4 Å². The van der Waals surface area contributed by atoms with Gasteiger partial charge < -0.3 is 14.7 Å². The minimum Gasteiger partial charge on any atom is -0.493 e. The lowest BCUT2D eigenvalue weighted by Gasteiger charge is -2.22. The van der Waals surface area contributed by atoms with Crippen LogP contribution in [0, 0.1) is 5.92 Å². The largest absolute Gasteiger partial charge is 0.493 e. The molecule has 2 aliphatic rings. The Hall–Kier alpha value is -1.69. The van der Waals surface area contributed by atoms with Crippen LogP contribution in [0.3, 0.4) is 0 Å². The molecule has 0 aromatic heterocycles. The molecule has 2 aliphatic heterocycles. The Morgan fingerprint density at radius 3 is 3.00 bits per heavy atom. The van der Waals surface area contributed by atoms with Crippen LogP contribution in [0.15, 0.2) is 18.2 Å². The fraction of sp³-hybridized carbons (Fsp3) is 0.611. The number of carbonyl (C=O) groups is 1. The van der Waals surface area contributed by atoms with Crippen LogP contribution in [0.4, 0.5) is 8.78 Å². The molecule has 0 aliphatic carbocycles. The van der Waals surface area contributed by atoms with E-state index in [9.17, 15) is 13.6 Å². The molecule has 1 aromatic rings. The molecule has 0 saturated carbocycles. The number of hydrogen-bond acceptors (Lipinski definition) is 3. The molecule has 4 nitrogen and oxygen atoms in total. The average molecular weight is 339 g/mol. The van der Waals surface area contributed by atoms with Crippen molar-refractivity contribution in [2.24, 2.45) is 5.92 Å². The maximum atomic E-state index is 14.1. The summed E-state index contributed by atoms with van der Waals surface area (Å²) in [6, 6.07) is 6.16. The summed E-state index contributed by atoms with van der Waals surface area (Å²) in [5.74, 6) is -4.15. The number of carboxylic acid groups (broad SMARTS) is 1. The molecular formula is C18H23F2NO3. The van der Waals surface area contributed by atoms with E-state index >= 15 is 0 Å². The number of nitrogens with zero attached hydrogens (tertiary/aromatic N) is 1. The summed E-state index contributed by atoms with van der Waals surface area (Å²) >= 11 is 0. The number of halogens is 2. The summed E-state index contributed by atoms with van der Waals surface area (Å²) in [6.45, 7) is 2.29. The van der Waals surface area contributed by atoms with Crippen LogP contribution in [0.1, 0.15) is 30.4 Å². The van der Waals surface area contributed by atoms with Gasteiger partial charge in [-0.25, -0.2) is 8.78 Å². The van der Waals surface area contributed by atoms with E-state index in [1.165, 1.54) is 11.1 Å². The molecule has 6 heteroatoms. The lowest BCUT2D eigenvalue weighted by molar-refractivity contribution is -0.143. The van der Waals surface area contributed by atoms with Crippen molar-refractivity contribution in [1.29, 1.82) is 0 Å². The number of likely N-dealkylation sites (tertiary alicyclic amines) is 1. The highest BCUT2D eigenvalue weighted by Gasteiger charge is 2.42. The fourth-order valence-electron chi connectivity index (χ4n) is 3.54. The standard InChI is InChI=1S/C18H23F2NO3/c19-18(20)6-9-21(8-4-15(18)12-17(22)23)7-3-13-1-2-16-14(11-13)5-10-24-16/h1-2,11,15H,3-10,12H2,(H,22,23). The number of rotatable bonds is 5. The summed E-state index contributed by atoms with van der Waals surface area (Å²) in [6.07, 6.45) is 1.25. The van der Waals surface area contributed by atoms with Crippen molar-refractivity contribution in [3.05, 3.63) is 29.3 Å². The van der Waals surface area contributed by atoms with Gasteiger partial charge in [-0.15, -0.1) is 0 Å². The molecule has 0 bridgehead atoms. The number of benzene rings is 1. The van der Waals surface area contributed by atoms with Gasteiger partial charge in [-0.05, 0) is 36.6 Å². The van der Waals surface area contributed by atoms with Crippen LogP contribution < -0.4 is 4.74 Å². The first-order valence-electron chi connectivity index (χ1n) is 8.50. The zero-order valence-corrected chi connectivity index (χ0v) is 13.6. The topological polar surface area (TPSA) is 49.8 Å².